The van der Waals surface area contributed by atoms with Gasteiger partial charge in [-0.2, -0.15) is 0 Å². The van der Waals surface area contributed by atoms with Crippen molar-refractivity contribution in [2.75, 3.05) is 6.61 Å². The van der Waals surface area contributed by atoms with Crippen LogP contribution < -0.4 is 4.74 Å². The SMILES string of the molecule is CCCOc1ccc(C(=O)CC)cc1Cl. The van der Waals surface area contributed by atoms with E-state index in [1.54, 1.807) is 18.2 Å². The average molecular weight is 227 g/mol. The molecule has 0 saturated heterocycles. The van der Waals surface area contributed by atoms with Gasteiger partial charge >= 0.3 is 0 Å². The highest BCUT2D eigenvalue weighted by Gasteiger charge is 2.07. The van der Waals surface area contributed by atoms with Crippen LogP contribution in [0.1, 0.15) is 37.0 Å². The maximum atomic E-state index is 11.4. The number of hydrogen-bond acceptors (Lipinski definition) is 2. The lowest BCUT2D eigenvalue weighted by Gasteiger charge is -2.07. The van der Waals surface area contributed by atoms with Crippen LogP contribution in [0.15, 0.2) is 18.2 Å². The summed E-state index contributed by atoms with van der Waals surface area (Å²) in [4.78, 5) is 11.4. The molecule has 82 valence electrons. The number of ether oxygens (including phenoxy) is 1. The van der Waals surface area contributed by atoms with Gasteiger partial charge in [-0.25, -0.2) is 0 Å². The van der Waals surface area contributed by atoms with Crippen molar-refractivity contribution >= 4 is 17.4 Å². The van der Waals surface area contributed by atoms with Gasteiger partial charge in [-0.15, -0.1) is 0 Å². The number of rotatable bonds is 5. The van der Waals surface area contributed by atoms with E-state index >= 15 is 0 Å². The van der Waals surface area contributed by atoms with Crippen LogP contribution in [0.3, 0.4) is 0 Å². The van der Waals surface area contributed by atoms with Crippen molar-refractivity contribution in [2.45, 2.75) is 26.7 Å². The predicted octanol–water partition coefficient (Wildman–Crippen LogP) is 3.72. The van der Waals surface area contributed by atoms with E-state index in [1.165, 1.54) is 0 Å². The highest BCUT2D eigenvalue weighted by Crippen LogP contribution is 2.26. The first kappa shape index (κ1) is 12.1. The number of carbonyl (C=O) groups excluding carboxylic acids is 1. The van der Waals surface area contributed by atoms with Gasteiger partial charge in [0.2, 0.25) is 0 Å². The fourth-order valence-electron chi connectivity index (χ4n) is 1.21. The van der Waals surface area contributed by atoms with E-state index in [1.807, 2.05) is 13.8 Å². The predicted molar refractivity (Wildman–Crippen MR) is 61.9 cm³/mol. The van der Waals surface area contributed by atoms with Gasteiger partial charge in [-0.3, -0.25) is 4.79 Å². The van der Waals surface area contributed by atoms with E-state index in [9.17, 15) is 4.79 Å². The van der Waals surface area contributed by atoms with Gasteiger partial charge in [0.25, 0.3) is 0 Å². The quantitative estimate of drug-likeness (QED) is 0.716. The van der Waals surface area contributed by atoms with Gasteiger partial charge in [0, 0.05) is 12.0 Å². The Hall–Kier alpha value is -1.02. The molecule has 0 aliphatic rings. The zero-order chi connectivity index (χ0) is 11.3. The van der Waals surface area contributed by atoms with E-state index in [0.29, 0.717) is 29.4 Å². The molecule has 0 aliphatic carbocycles. The molecule has 0 aliphatic heterocycles. The summed E-state index contributed by atoms with van der Waals surface area (Å²) in [6.07, 6.45) is 1.43. The van der Waals surface area contributed by atoms with Gasteiger partial charge in [-0.1, -0.05) is 25.4 Å². The largest absolute Gasteiger partial charge is 0.492 e. The normalized spacial score (nSPS) is 10.1. The lowest BCUT2D eigenvalue weighted by Crippen LogP contribution is -1.99. The molecular formula is C12H15ClO2. The molecule has 0 heterocycles. The molecule has 0 atom stereocenters. The highest BCUT2D eigenvalue weighted by atomic mass is 35.5. The Morgan fingerprint density at radius 2 is 2.13 bits per heavy atom. The summed E-state index contributed by atoms with van der Waals surface area (Å²) in [6, 6.07) is 5.17. The molecular weight excluding hydrogens is 212 g/mol. The van der Waals surface area contributed by atoms with Crippen LogP contribution in [0.4, 0.5) is 0 Å². The summed E-state index contributed by atoms with van der Waals surface area (Å²) in [5.41, 5.74) is 0.645. The summed E-state index contributed by atoms with van der Waals surface area (Å²) in [5.74, 6) is 0.741. The van der Waals surface area contributed by atoms with Gasteiger partial charge in [0.05, 0.1) is 11.6 Å². The third-order valence-electron chi connectivity index (χ3n) is 2.04. The molecule has 0 saturated carbocycles. The Morgan fingerprint density at radius 3 is 2.67 bits per heavy atom. The smallest absolute Gasteiger partial charge is 0.162 e. The number of Topliss-reactive ketones (excluding diaryl/α,β-unsaturated/α-hetero) is 1. The highest BCUT2D eigenvalue weighted by molar-refractivity contribution is 6.32. The van der Waals surface area contributed by atoms with Crippen LogP contribution in [0.25, 0.3) is 0 Å². The Balaban J connectivity index is 2.83. The van der Waals surface area contributed by atoms with E-state index in [2.05, 4.69) is 0 Å². The van der Waals surface area contributed by atoms with Crippen molar-refractivity contribution in [3.8, 4) is 5.75 Å². The minimum absolute atomic E-state index is 0.0962. The average Bonchev–Trinajstić information content (AvgIpc) is 2.26. The maximum Gasteiger partial charge on any atom is 0.162 e. The first-order chi connectivity index (χ1) is 7.19. The first-order valence-corrected chi connectivity index (χ1v) is 5.52. The zero-order valence-electron chi connectivity index (χ0n) is 9.05. The molecule has 1 aromatic rings. The number of carbonyl (C=O) groups is 1. The van der Waals surface area contributed by atoms with Crippen molar-refractivity contribution in [2.24, 2.45) is 0 Å². The summed E-state index contributed by atoms with van der Waals surface area (Å²) < 4.78 is 5.41. The van der Waals surface area contributed by atoms with Gasteiger partial charge in [0.1, 0.15) is 5.75 Å². The van der Waals surface area contributed by atoms with Crippen molar-refractivity contribution < 1.29 is 9.53 Å². The van der Waals surface area contributed by atoms with Gasteiger partial charge in [0.15, 0.2) is 5.78 Å². The number of benzene rings is 1. The fourth-order valence-corrected chi connectivity index (χ4v) is 1.44. The van der Waals surface area contributed by atoms with Crippen LogP contribution in [0, 0.1) is 0 Å². The monoisotopic (exact) mass is 226 g/mol. The van der Waals surface area contributed by atoms with Crippen molar-refractivity contribution in [1.82, 2.24) is 0 Å². The Kier molecular flexibility index (Phi) is 4.63. The van der Waals surface area contributed by atoms with Crippen molar-refractivity contribution in [1.29, 1.82) is 0 Å². The molecule has 0 aromatic heterocycles. The molecule has 0 amide bonds. The second kappa shape index (κ2) is 5.76. The zero-order valence-corrected chi connectivity index (χ0v) is 9.80. The van der Waals surface area contributed by atoms with Crippen molar-refractivity contribution in [3.63, 3.8) is 0 Å². The topological polar surface area (TPSA) is 26.3 Å². The lowest BCUT2D eigenvalue weighted by molar-refractivity contribution is 0.0988. The standard InChI is InChI=1S/C12H15ClO2/c1-3-7-15-12-6-5-9(8-10(12)13)11(14)4-2/h5-6,8H,3-4,7H2,1-2H3. The molecule has 1 aromatic carbocycles. The molecule has 0 spiro atoms. The van der Waals surface area contributed by atoms with E-state index in [4.69, 9.17) is 16.3 Å². The molecule has 0 radical (unpaired) electrons. The molecule has 2 nitrogen and oxygen atoms in total. The van der Waals surface area contributed by atoms with Crippen molar-refractivity contribution in [3.05, 3.63) is 28.8 Å². The minimum Gasteiger partial charge on any atom is -0.492 e. The van der Waals surface area contributed by atoms with Crippen LogP contribution in [-0.4, -0.2) is 12.4 Å². The molecule has 0 unspecified atom stereocenters. The van der Waals surface area contributed by atoms with E-state index in [0.717, 1.165) is 6.42 Å². The summed E-state index contributed by atoms with van der Waals surface area (Å²) >= 11 is 5.99. The molecule has 0 fully saturated rings. The number of halogens is 1. The number of hydrogen-bond donors (Lipinski definition) is 0. The minimum atomic E-state index is 0.0962. The summed E-state index contributed by atoms with van der Waals surface area (Å²) in [6.45, 7) is 4.50. The third kappa shape index (κ3) is 3.24. The van der Waals surface area contributed by atoms with E-state index < -0.39 is 0 Å². The fraction of sp³-hybridized carbons (Fsp3) is 0.417. The van der Waals surface area contributed by atoms with Gasteiger partial charge < -0.3 is 4.74 Å². The Bertz CT molecular complexity index is 347. The molecule has 0 bridgehead atoms. The molecule has 1 rings (SSSR count). The Morgan fingerprint density at radius 1 is 1.40 bits per heavy atom. The number of ketones is 1. The van der Waals surface area contributed by atoms with Crippen LogP contribution in [-0.2, 0) is 0 Å². The van der Waals surface area contributed by atoms with Crippen LogP contribution in [0.2, 0.25) is 5.02 Å². The van der Waals surface area contributed by atoms with E-state index in [-0.39, 0.29) is 5.78 Å². The summed E-state index contributed by atoms with van der Waals surface area (Å²) in [5, 5.41) is 0.503. The molecule has 3 heteroatoms. The van der Waals surface area contributed by atoms with Crippen LogP contribution >= 0.6 is 11.6 Å². The summed E-state index contributed by atoms with van der Waals surface area (Å²) in [7, 11) is 0. The maximum absolute atomic E-state index is 11.4. The third-order valence-corrected chi connectivity index (χ3v) is 2.33. The second-order valence-corrected chi connectivity index (χ2v) is 3.68. The Labute approximate surface area is 95.2 Å². The van der Waals surface area contributed by atoms with Gasteiger partial charge in [-0.05, 0) is 24.6 Å². The van der Waals surface area contributed by atoms with Crippen LogP contribution in [0.5, 0.6) is 5.75 Å². The molecule has 15 heavy (non-hydrogen) atoms. The second-order valence-electron chi connectivity index (χ2n) is 3.27. The first-order valence-electron chi connectivity index (χ1n) is 5.14. The lowest BCUT2D eigenvalue weighted by atomic mass is 10.1. The molecule has 0 N–H and O–H groups in total.